The number of cyclic esters (lactones) is 1. The molecule has 8 nitrogen and oxygen atoms in total. The fourth-order valence-corrected chi connectivity index (χ4v) is 4.77. The highest BCUT2D eigenvalue weighted by Gasteiger charge is 2.45. The number of nitrogens with zero attached hydrogens (tertiary/aromatic N) is 2. The molecule has 5 rings (SSSR count). The van der Waals surface area contributed by atoms with Crippen molar-refractivity contribution in [2.75, 3.05) is 0 Å². The number of hydrogen-bond acceptors (Lipinski definition) is 7. The summed E-state index contributed by atoms with van der Waals surface area (Å²) < 4.78 is 12.0. The highest BCUT2D eigenvalue weighted by molar-refractivity contribution is 5.90. The first-order valence-corrected chi connectivity index (χ1v) is 10.6. The van der Waals surface area contributed by atoms with Crippen LogP contribution in [0.4, 0.5) is 0 Å². The van der Waals surface area contributed by atoms with Gasteiger partial charge in [0.05, 0.1) is 29.0 Å². The summed E-state index contributed by atoms with van der Waals surface area (Å²) in [5.41, 5.74) is 2.31. The van der Waals surface area contributed by atoms with Crippen LogP contribution in [0, 0.1) is 0 Å². The van der Waals surface area contributed by atoms with Gasteiger partial charge in [0, 0.05) is 23.4 Å². The Balaban J connectivity index is 1.76. The van der Waals surface area contributed by atoms with Crippen LogP contribution in [0.5, 0.6) is 5.75 Å². The van der Waals surface area contributed by atoms with E-state index in [0.717, 1.165) is 16.5 Å². The number of carbonyl (C=O) groups is 2. The van der Waals surface area contributed by atoms with Gasteiger partial charge in [-0.15, -0.1) is 0 Å². The van der Waals surface area contributed by atoms with Crippen LogP contribution in [-0.2, 0) is 39.5 Å². The Morgan fingerprint density at radius 3 is 2.72 bits per heavy atom. The summed E-state index contributed by atoms with van der Waals surface area (Å²) in [4.78, 5) is 41.8. The molecule has 0 radical (unpaired) electrons. The lowest BCUT2D eigenvalue weighted by Gasteiger charge is -2.31. The Bertz CT molecular complexity index is 1390. The van der Waals surface area contributed by atoms with Crippen LogP contribution in [-0.4, -0.2) is 26.6 Å². The Morgan fingerprint density at radius 2 is 2.03 bits per heavy atom. The number of esters is 2. The molecule has 3 aromatic rings. The third kappa shape index (κ3) is 2.72. The number of carbonyl (C=O) groups excluding carboxylic acids is 2. The second-order valence-corrected chi connectivity index (χ2v) is 8.15. The van der Waals surface area contributed by atoms with Crippen LogP contribution in [0.1, 0.15) is 49.4 Å². The van der Waals surface area contributed by atoms with Gasteiger partial charge in [-0.25, -0.2) is 9.78 Å². The Morgan fingerprint density at radius 1 is 1.25 bits per heavy atom. The van der Waals surface area contributed by atoms with E-state index in [9.17, 15) is 19.5 Å². The molecule has 1 aromatic carbocycles. The minimum atomic E-state index is -1.85. The highest BCUT2D eigenvalue weighted by atomic mass is 16.6. The number of aryl methyl sites for hydroxylation is 1. The molecule has 2 aromatic heterocycles. The van der Waals surface area contributed by atoms with E-state index in [0.29, 0.717) is 46.7 Å². The first-order chi connectivity index (χ1) is 15.3. The molecule has 0 fully saturated rings. The van der Waals surface area contributed by atoms with Crippen molar-refractivity contribution in [1.29, 1.82) is 0 Å². The summed E-state index contributed by atoms with van der Waals surface area (Å²) >= 11 is 0. The summed E-state index contributed by atoms with van der Waals surface area (Å²) in [5.74, 6) is -0.705. The van der Waals surface area contributed by atoms with Crippen molar-refractivity contribution in [3.05, 3.63) is 56.9 Å². The van der Waals surface area contributed by atoms with E-state index < -0.39 is 17.5 Å². The van der Waals surface area contributed by atoms with Crippen molar-refractivity contribution < 1.29 is 24.2 Å². The van der Waals surface area contributed by atoms with Gasteiger partial charge in [-0.3, -0.25) is 9.59 Å². The molecule has 8 heteroatoms. The summed E-state index contributed by atoms with van der Waals surface area (Å²) in [6, 6.07) is 6.97. The highest BCUT2D eigenvalue weighted by Crippen LogP contribution is 2.40. The molecular formula is C24H22N2O6. The van der Waals surface area contributed by atoms with E-state index in [-0.39, 0.29) is 18.6 Å². The standard InChI is InChI=1S/C24H22N2O6/c1-4-14-15-8-13(32-12(3)27)6-7-19(15)25-21-16(14)10-26-20(21)9-18-17(22(26)28)11-31-23(29)24(18,30)5-2/h6-9,30H,4-5,10-11H2,1-3H3/t24-/m0/s1. The molecule has 0 unspecified atom stereocenters. The molecule has 0 amide bonds. The molecule has 32 heavy (non-hydrogen) atoms. The van der Waals surface area contributed by atoms with E-state index >= 15 is 0 Å². The number of pyridine rings is 2. The summed E-state index contributed by atoms with van der Waals surface area (Å²) in [7, 11) is 0. The Labute approximate surface area is 183 Å². The lowest BCUT2D eigenvalue weighted by molar-refractivity contribution is -0.172. The average molecular weight is 434 g/mol. The number of fused-ring (bicyclic) bond motifs is 5. The lowest BCUT2D eigenvalue weighted by Crippen LogP contribution is -2.44. The number of aliphatic hydroxyl groups is 1. The molecule has 0 saturated carbocycles. The van der Waals surface area contributed by atoms with Crippen molar-refractivity contribution in [1.82, 2.24) is 9.55 Å². The SMILES string of the molecule is CCc1c2c(nc3ccc(OC(C)=O)cc13)-c1cc3c(c(=O)n1C2)COC(=O)[C@]3(O)CC. The van der Waals surface area contributed by atoms with Gasteiger partial charge in [-0.1, -0.05) is 13.8 Å². The molecule has 164 valence electrons. The second kappa shape index (κ2) is 7.00. The zero-order valence-corrected chi connectivity index (χ0v) is 18.0. The summed E-state index contributed by atoms with van der Waals surface area (Å²) in [6.07, 6.45) is 0.784. The third-order valence-electron chi connectivity index (χ3n) is 6.39. The number of benzene rings is 1. The van der Waals surface area contributed by atoms with Crippen molar-refractivity contribution in [2.24, 2.45) is 0 Å². The summed E-state index contributed by atoms with van der Waals surface area (Å²) in [5, 5.41) is 11.9. The van der Waals surface area contributed by atoms with Crippen molar-refractivity contribution in [2.45, 2.75) is 52.4 Å². The molecule has 4 heterocycles. The molecule has 2 aliphatic rings. The van der Waals surface area contributed by atoms with Crippen molar-refractivity contribution >= 4 is 22.8 Å². The normalized spacial score (nSPS) is 18.7. The molecule has 1 atom stereocenters. The van der Waals surface area contributed by atoms with Gasteiger partial charge in [-0.05, 0) is 42.7 Å². The number of rotatable bonds is 3. The van der Waals surface area contributed by atoms with Gasteiger partial charge in [0.2, 0.25) is 0 Å². The molecule has 0 aliphatic carbocycles. The van der Waals surface area contributed by atoms with Crippen molar-refractivity contribution in [3.8, 4) is 17.1 Å². The van der Waals surface area contributed by atoms with Gasteiger partial charge in [0.25, 0.3) is 5.56 Å². The van der Waals surface area contributed by atoms with Gasteiger partial charge in [0.1, 0.15) is 12.4 Å². The maximum atomic E-state index is 13.3. The predicted molar refractivity (Wildman–Crippen MR) is 115 cm³/mol. The zero-order chi connectivity index (χ0) is 22.8. The van der Waals surface area contributed by atoms with E-state index in [2.05, 4.69) is 0 Å². The van der Waals surface area contributed by atoms with Gasteiger partial charge in [-0.2, -0.15) is 0 Å². The van der Waals surface area contributed by atoms with Crippen LogP contribution in [0.15, 0.2) is 29.1 Å². The first-order valence-electron chi connectivity index (χ1n) is 10.6. The zero-order valence-electron chi connectivity index (χ0n) is 18.0. The molecule has 0 saturated heterocycles. The fourth-order valence-electron chi connectivity index (χ4n) is 4.77. The monoisotopic (exact) mass is 434 g/mol. The Hall–Kier alpha value is -3.52. The van der Waals surface area contributed by atoms with E-state index in [1.165, 1.54) is 6.92 Å². The lowest BCUT2D eigenvalue weighted by atomic mass is 9.86. The van der Waals surface area contributed by atoms with E-state index in [1.807, 2.05) is 6.92 Å². The van der Waals surface area contributed by atoms with Crippen LogP contribution in [0.25, 0.3) is 22.3 Å². The van der Waals surface area contributed by atoms with Gasteiger partial charge >= 0.3 is 11.9 Å². The van der Waals surface area contributed by atoms with Crippen molar-refractivity contribution in [3.63, 3.8) is 0 Å². The molecular weight excluding hydrogens is 412 g/mol. The predicted octanol–water partition coefficient (Wildman–Crippen LogP) is 2.57. The quantitative estimate of drug-likeness (QED) is 0.390. The molecule has 1 N–H and O–H groups in total. The van der Waals surface area contributed by atoms with E-state index in [4.69, 9.17) is 14.5 Å². The molecule has 0 spiro atoms. The largest absolute Gasteiger partial charge is 0.458 e. The minimum absolute atomic E-state index is 0.0961. The maximum Gasteiger partial charge on any atom is 0.343 e. The van der Waals surface area contributed by atoms with Crippen LogP contribution >= 0.6 is 0 Å². The van der Waals surface area contributed by atoms with Gasteiger partial charge in [0.15, 0.2) is 5.60 Å². The van der Waals surface area contributed by atoms with E-state index in [1.54, 1.807) is 35.8 Å². The number of aromatic nitrogens is 2. The smallest absolute Gasteiger partial charge is 0.343 e. The molecule has 0 bridgehead atoms. The maximum absolute atomic E-state index is 13.3. The first kappa shape index (κ1) is 20.4. The van der Waals surface area contributed by atoms with Gasteiger partial charge < -0.3 is 19.1 Å². The van der Waals surface area contributed by atoms with Crippen LogP contribution in [0.3, 0.4) is 0 Å². The molecule has 2 aliphatic heterocycles. The fraction of sp³-hybridized carbons (Fsp3) is 0.333. The van der Waals surface area contributed by atoms with Crippen LogP contribution in [0.2, 0.25) is 0 Å². The second-order valence-electron chi connectivity index (χ2n) is 8.15. The third-order valence-corrected chi connectivity index (χ3v) is 6.39. The van der Waals surface area contributed by atoms with Crippen LogP contribution < -0.4 is 10.3 Å². The number of ether oxygens (including phenoxy) is 2. The number of hydrogen-bond donors (Lipinski definition) is 1. The Kier molecular flexibility index (Phi) is 4.46. The average Bonchev–Trinajstić information content (AvgIpc) is 3.13. The minimum Gasteiger partial charge on any atom is -0.458 e. The topological polar surface area (TPSA) is 108 Å². The summed E-state index contributed by atoms with van der Waals surface area (Å²) in [6.45, 7) is 5.22.